The summed E-state index contributed by atoms with van der Waals surface area (Å²) >= 11 is 0. The van der Waals surface area contributed by atoms with Crippen molar-refractivity contribution in [2.45, 2.75) is 12.8 Å². The van der Waals surface area contributed by atoms with E-state index in [1.165, 1.54) is 0 Å². The largest absolute Gasteiger partial charge is 0.478 e. The van der Waals surface area contributed by atoms with Crippen LogP contribution in [0.15, 0.2) is 24.3 Å². The zero-order valence-electron chi connectivity index (χ0n) is 10.2. The number of nitrogens with two attached hydrogens (primary N) is 1. The predicted molar refractivity (Wildman–Crippen MR) is 68.3 cm³/mol. The van der Waals surface area contributed by atoms with E-state index < -0.39 is 5.97 Å². The molecule has 0 atom stereocenters. The topological polar surface area (TPSA) is 66.6 Å². The Bertz CT molecular complexity index is 366. The van der Waals surface area contributed by atoms with E-state index >= 15 is 0 Å². The molecule has 94 valence electrons. The Balaban J connectivity index is 2.54. The van der Waals surface area contributed by atoms with Gasteiger partial charge in [-0.15, -0.1) is 0 Å². The van der Waals surface area contributed by atoms with Gasteiger partial charge in [0.2, 0.25) is 0 Å². The quantitative estimate of drug-likeness (QED) is 0.746. The maximum absolute atomic E-state index is 11.0. The van der Waals surface area contributed by atoms with E-state index in [1.54, 1.807) is 12.1 Å². The van der Waals surface area contributed by atoms with E-state index in [0.29, 0.717) is 12.1 Å². The smallest absolute Gasteiger partial charge is 0.335 e. The van der Waals surface area contributed by atoms with Crippen LogP contribution in [0.5, 0.6) is 0 Å². The van der Waals surface area contributed by atoms with Gasteiger partial charge in [-0.05, 0) is 44.6 Å². The van der Waals surface area contributed by atoms with E-state index in [0.717, 1.165) is 31.5 Å². The van der Waals surface area contributed by atoms with Crippen molar-refractivity contribution in [1.82, 2.24) is 4.90 Å². The zero-order valence-corrected chi connectivity index (χ0v) is 10.2. The molecule has 0 aromatic heterocycles. The molecular formula is C13H20N2O2. The first kappa shape index (κ1) is 13.7. The normalized spacial score (nSPS) is 10.8. The summed E-state index contributed by atoms with van der Waals surface area (Å²) in [4.78, 5) is 13.2. The molecule has 1 aromatic carbocycles. The summed E-state index contributed by atoms with van der Waals surface area (Å²) < 4.78 is 0. The van der Waals surface area contributed by atoms with Gasteiger partial charge in [-0.1, -0.05) is 18.2 Å². The first-order valence-electron chi connectivity index (χ1n) is 5.85. The van der Waals surface area contributed by atoms with Crippen LogP contribution in [-0.2, 0) is 6.42 Å². The number of rotatable bonds is 7. The molecule has 1 rings (SSSR count). The third-order valence-corrected chi connectivity index (χ3v) is 2.75. The van der Waals surface area contributed by atoms with E-state index in [1.807, 2.05) is 19.2 Å². The molecular weight excluding hydrogens is 216 g/mol. The first-order valence-corrected chi connectivity index (χ1v) is 5.85. The molecule has 0 bridgehead atoms. The SMILES string of the molecule is CN(CCCN)CCc1ccccc1C(=O)O. The average Bonchev–Trinajstić information content (AvgIpc) is 2.34. The Morgan fingerprint density at radius 1 is 1.35 bits per heavy atom. The van der Waals surface area contributed by atoms with Gasteiger partial charge in [0.25, 0.3) is 0 Å². The Morgan fingerprint density at radius 3 is 2.71 bits per heavy atom. The number of carbonyl (C=O) groups is 1. The van der Waals surface area contributed by atoms with Crippen LogP contribution in [0.25, 0.3) is 0 Å². The fourth-order valence-electron chi connectivity index (χ4n) is 1.73. The lowest BCUT2D eigenvalue weighted by molar-refractivity contribution is 0.0695. The van der Waals surface area contributed by atoms with Crippen LogP contribution in [0, 0.1) is 0 Å². The summed E-state index contributed by atoms with van der Waals surface area (Å²) in [6.45, 7) is 2.49. The molecule has 0 fully saturated rings. The zero-order chi connectivity index (χ0) is 12.7. The molecule has 0 heterocycles. The van der Waals surface area contributed by atoms with E-state index in [2.05, 4.69) is 4.90 Å². The molecule has 0 radical (unpaired) electrons. The number of hydrogen-bond donors (Lipinski definition) is 2. The lowest BCUT2D eigenvalue weighted by Crippen LogP contribution is -2.24. The highest BCUT2D eigenvalue weighted by molar-refractivity contribution is 5.89. The van der Waals surface area contributed by atoms with Crippen molar-refractivity contribution >= 4 is 5.97 Å². The van der Waals surface area contributed by atoms with Crippen molar-refractivity contribution in [2.24, 2.45) is 5.73 Å². The number of likely N-dealkylation sites (N-methyl/N-ethyl adjacent to an activating group) is 1. The molecule has 0 saturated heterocycles. The fraction of sp³-hybridized carbons (Fsp3) is 0.462. The second kappa shape index (κ2) is 7.04. The standard InChI is InChI=1S/C13H20N2O2/c1-15(9-4-8-14)10-7-11-5-2-3-6-12(11)13(16)17/h2-3,5-6H,4,7-10,14H2,1H3,(H,16,17). The van der Waals surface area contributed by atoms with Crippen molar-refractivity contribution in [3.63, 3.8) is 0 Å². The fourth-order valence-corrected chi connectivity index (χ4v) is 1.73. The van der Waals surface area contributed by atoms with Crippen LogP contribution >= 0.6 is 0 Å². The number of hydrogen-bond acceptors (Lipinski definition) is 3. The highest BCUT2D eigenvalue weighted by Gasteiger charge is 2.09. The van der Waals surface area contributed by atoms with Gasteiger partial charge < -0.3 is 15.7 Å². The first-order chi connectivity index (χ1) is 8.15. The van der Waals surface area contributed by atoms with Gasteiger partial charge >= 0.3 is 5.97 Å². The predicted octanol–water partition coefficient (Wildman–Crippen LogP) is 1.21. The van der Waals surface area contributed by atoms with Crippen LogP contribution < -0.4 is 5.73 Å². The van der Waals surface area contributed by atoms with Crippen molar-refractivity contribution in [3.05, 3.63) is 35.4 Å². The molecule has 1 aromatic rings. The number of benzene rings is 1. The highest BCUT2D eigenvalue weighted by Crippen LogP contribution is 2.09. The van der Waals surface area contributed by atoms with Crippen molar-refractivity contribution < 1.29 is 9.90 Å². The molecule has 0 aliphatic carbocycles. The Morgan fingerprint density at radius 2 is 2.06 bits per heavy atom. The molecule has 4 nitrogen and oxygen atoms in total. The van der Waals surface area contributed by atoms with Gasteiger partial charge in [-0.25, -0.2) is 4.79 Å². The van der Waals surface area contributed by atoms with Gasteiger partial charge in [-0.2, -0.15) is 0 Å². The molecule has 0 amide bonds. The minimum atomic E-state index is -0.856. The molecule has 0 spiro atoms. The third-order valence-electron chi connectivity index (χ3n) is 2.75. The van der Waals surface area contributed by atoms with Crippen LogP contribution in [0.2, 0.25) is 0 Å². The van der Waals surface area contributed by atoms with E-state index in [-0.39, 0.29) is 0 Å². The van der Waals surface area contributed by atoms with Crippen LogP contribution in [0.1, 0.15) is 22.3 Å². The summed E-state index contributed by atoms with van der Waals surface area (Å²) in [6, 6.07) is 7.16. The van der Waals surface area contributed by atoms with Crippen molar-refractivity contribution in [2.75, 3.05) is 26.7 Å². The van der Waals surface area contributed by atoms with Gasteiger partial charge in [-0.3, -0.25) is 0 Å². The van der Waals surface area contributed by atoms with Crippen molar-refractivity contribution in [1.29, 1.82) is 0 Å². The van der Waals surface area contributed by atoms with E-state index in [9.17, 15) is 4.79 Å². The van der Waals surface area contributed by atoms with Crippen LogP contribution in [-0.4, -0.2) is 42.7 Å². The minimum Gasteiger partial charge on any atom is -0.478 e. The summed E-state index contributed by atoms with van der Waals surface area (Å²) in [5.41, 5.74) is 6.73. The lowest BCUT2D eigenvalue weighted by Gasteiger charge is -2.16. The summed E-state index contributed by atoms with van der Waals surface area (Å²) in [7, 11) is 2.03. The Kier molecular flexibility index (Phi) is 5.66. The Labute approximate surface area is 102 Å². The van der Waals surface area contributed by atoms with Gasteiger partial charge in [0.05, 0.1) is 5.56 Å². The number of nitrogens with zero attached hydrogens (tertiary/aromatic N) is 1. The van der Waals surface area contributed by atoms with E-state index in [4.69, 9.17) is 10.8 Å². The van der Waals surface area contributed by atoms with Gasteiger partial charge in [0.1, 0.15) is 0 Å². The second-order valence-electron chi connectivity index (χ2n) is 4.16. The number of carboxylic acid groups (broad SMARTS) is 1. The number of aromatic carboxylic acids is 1. The molecule has 0 aliphatic rings. The highest BCUT2D eigenvalue weighted by atomic mass is 16.4. The Hall–Kier alpha value is -1.39. The molecule has 17 heavy (non-hydrogen) atoms. The maximum Gasteiger partial charge on any atom is 0.335 e. The summed E-state index contributed by atoms with van der Waals surface area (Å²) in [5.74, 6) is -0.856. The van der Waals surface area contributed by atoms with Gasteiger partial charge in [0, 0.05) is 6.54 Å². The molecule has 0 aliphatic heterocycles. The monoisotopic (exact) mass is 236 g/mol. The second-order valence-corrected chi connectivity index (χ2v) is 4.16. The summed E-state index contributed by atoms with van der Waals surface area (Å²) in [5, 5.41) is 9.04. The number of carboxylic acids is 1. The average molecular weight is 236 g/mol. The maximum atomic E-state index is 11.0. The van der Waals surface area contributed by atoms with Crippen LogP contribution in [0.3, 0.4) is 0 Å². The molecule has 3 N–H and O–H groups in total. The lowest BCUT2D eigenvalue weighted by atomic mass is 10.0. The molecule has 4 heteroatoms. The minimum absolute atomic E-state index is 0.403. The third kappa shape index (κ3) is 4.54. The van der Waals surface area contributed by atoms with Crippen molar-refractivity contribution in [3.8, 4) is 0 Å². The van der Waals surface area contributed by atoms with Crippen LogP contribution in [0.4, 0.5) is 0 Å². The molecule has 0 saturated carbocycles. The summed E-state index contributed by atoms with van der Waals surface area (Å²) in [6.07, 6.45) is 1.72. The molecule has 0 unspecified atom stereocenters. The van der Waals surface area contributed by atoms with Gasteiger partial charge in [0.15, 0.2) is 0 Å².